The molecule has 0 aromatic carbocycles. The molecule has 1 amide bonds. The zero-order chi connectivity index (χ0) is 11.8. The summed E-state index contributed by atoms with van der Waals surface area (Å²) in [6.07, 6.45) is 2.36. The Morgan fingerprint density at radius 2 is 2.00 bits per heavy atom. The van der Waals surface area contributed by atoms with Gasteiger partial charge in [-0.2, -0.15) is 0 Å². The Kier molecular flexibility index (Phi) is 6.42. The first-order chi connectivity index (χ1) is 6.95. The lowest BCUT2D eigenvalue weighted by Crippen LogP contribution is -2.28. The summed E-state index contributed by atoms with van der Waals surface area (Å²) >= 11 is 0. The van der Waals surface area contributed by atoms with Gasteiger partial charge in [0.1, 0.15) is 0 Å². The summed E-state index contributed by atoms with van der Waals surface area (Å²) in [7, 11) is 0. The highest BCUT2D eigenvalue weighted by Crippen LogP contribution is 2.06. The third-order valence-electron chi connectivity index (χ3n) is 2.03. The van der Waals surface area contributed by atoms with E-state index in [1.54, 1.807) is 0 Å². The van der Waals surface area contributed by atoms with E-state index in [4.69, 9.17) is 5.11 Å². The summed E-state index contributed by atoms with van der Waals surface area (Å²) < 4.78 is 0. The van der Waals surface area contributed by atoms with Gasteiger partial charge in [0.15, 0.2) is 0 Å². The van der Waals surface area contributed by atoms with Crippen molar-refractivity contribution in [1.29, 1.82) is 0 Å². The molecule has 2 N–H and O–H groups in total. The van der Waals surface area contributed by atoms with Gasteiger partial charge in [-0.1, -0.05) is 18.9 Å². The quantitative estimate of drug-likeness (QED) is 0.658. The van der Waals surface area contributed by atoms with Crippen LogP contribution < -0.4 is 5.32 Å². The molecule has 0 aliphatic heterocycles. The van der Waals surface area contributed by atoms with E-state index >= 15 is 0 Å². The molecule has 1 atom stereocenters. The molecule has 15 heavy (non-hydrogen) atoms. The molecule has 4 nitrogen and oxygen atoms in total. The summed E-state index contributed by atoms with van der Waals surface area (Å²) in [6.45, 7) is 6.02. The van der Waals surface area contributed by atoms with Gasteiger partial charge < -0.3 is 10.4 Å². The van der Waals surface area contributed by atoms with Crippen LogP contribution in [0.4, 0.5) is 0 Å². The first kappa shape index (κ1) is 13.7. The van der Waals surface area contributed by atoms with Gasteiger partial charge in [0.25, 0.3) is 0 Å². The van der Waals surface area contributed by atoms with Gasteiger partial charge >= 0.3 is 5.97 Å². The maximum Gasteiger partial charge on any atom is 0.303 e. The monoisotopic (exact) mass is 213 g/mol. The van der Waals surface area contributed by atoms with Crippen LogP contribution >= 0.6 is 0 Å². The van der Waals surface area contributed by atoms with Crippen LogP contribution in [0.1, 0.15) is 33.6 Å². The molecule has 86 valence electrons. The number of carboxylic acids is 1. The van der Waals surface area contributed by atoms with Crippen LogP contribution in [0.15, 0.2) is 11.6 Å². The highest BCUT2D eigenvalue weighted by Gasteiger charge is 2.11. The fourth-order valence-electron chi connectivity index (χ4n) is 1.17. The third-order valence-corrected chi connectivity index (χ3v) is 2.03. The van der Waals surface area contributed by atoms with Crippen LogP contribution in [0.3, 0.4) is 0 Å². The van der Waals surface area contributed by atoms with Crippen LogP contribution in [-0.2, 0) is 9.59 Å². The van der Waals surface area contributed by atoms with E-state index in [-0.39, 0.29) is 18.2 Å². The molecule has 0 radical (unpaired) electrons. The van der Waals surface area contributed by atoms with Crippen molar-refractivity contribution in [3.05, 3.63) is 11.6 Å². The molecule has 0 aliphatic carbocycles. The van der Waals surface area contributed by atoms with Crippen LogP contribution in [-0.4, -0.2) is 23.5 Å². The number of carbonyl (C=O) groups excluding carboxylic acids is 1. The molecule has 0 heterocycles. The molecule has 0 saturated heterocycles. The molecule has 0 rings (SSSR count). The van der Waals surface area contributed by atoms with Crippen molar-refractivity contribution in [2.75, 3.05) is 6.54 Å². The minimum Gasteiger partial charge on any atom is -0.481 e. The Labute approximate surface area is 90.4 Å². The van der Waals surface area contributed by atoms with E-state index in [2.05, 4.69) is 5.32 Å². The summed E-state index contributed by atoms with van der Waals surface area (Å²) in [4.78, 5) is 21.7. The molecule has 0 fully saturated rings. The number of amides is 1. The van der Waals surface area contributed by atoms with Crippen molar-refractivity contribution in [2.45, 2.75) is 33.6 Å². The van der Waals surface area contributed by atoms with Gasteiger partial charge in [-0.05, 0) is 19.8 Å². The van der Waals surface area contributed by atoms with Crippen LogP contribution in [0.5, 0.6) is 0 Å². The Morgan fingerprint density at radius 3 is 2.40 bits per heavy atom. The number of nitrogens with one attached hydrogen (secondary N) is 1. The second kappa shape index (κ2) is 7.04. The second-order valence-corrected chi connectivity index (χ2v) is 3.84. The molecule has 1 unspecified atom stereocenters. The summed E-state index contributed by atoms with van der Waals surface area (Å²) in [6, 6.07) is 0. The zero-order valence-electron chi connectivity index (χ0n) is 9.54. The average Bonchev–Trinajstić information content (AvgIpc) is 2.10. The largest absolute Gasteiger partial charge is 0.481 e. The lowest BCUT2D eigenvalue weighted by Gasteiger charge is -2.12. The zero-order valence-corrected chi connectivity index (χ0v) is 9.54. The van der Waals surface area contributed by atoms with Gasteiger partial charge in [-0.15, -0.1) is 0 Å². The topological polar surface area (TPSA) is 66.4 Å². The van der Waals surface area contributed by atoms with Crippen LogP contribution in [0, 0.1) is 5.92 Å². The third kappa shape index (κ3) is 7.73. The number of aliphatic carboxylic acids is 1. The van der Waals surface area contributed by atoms with E-state index in [1.807, 2.05) is 20.8 Å². The van der Waals surface area contributed by atoms with E-state index in [9.17, 15) is 9.59 Å². The normalized spacial score (nSPS) is 11.7. The van der Waals surface area contributed by atoms with E-state index in [0.717, 1.165) is 12.0 Å². The average molecular weight is 213 g/mol. The Morgan fingerprint density at radius 1 is 1.40 bits per heavy atom. The molecule has 4 heteroatoms. The van der Waals surface area contributed by atoms with E-state index < -0.39 is 5.97 Å². The Bertz CT molecular complexity index is 255. The van der Waals surface area contributed by atoms with Crippen molar-refractivity contribution < 1.29 is 14.7 Å². The van der Waals surface area contributed by atoms with Crippen molar-refractivity contribution in [3.8, 4) is 0 Å². The standard InChI is InChI=1S/C11H19NO3/c1-4-9(6-11(14)15)7-12-10(13)5-8(2)3/h5,9H,4,6-7H2,1-3H3,(H,12,13)(H,14,15). The molecular formula is C11H19NO3. The van der Waals surface area contributed by atoms with Gasteiger partial charge in [0, 0.05) is 19.0 Å². The first-order valence-electron chi connectivity index (χ1n) is 5.10. The molecule has 0 spiro atoms. The van der Waals surface area contributed by atoms with Crippen LogP contribution in [0.25, 0.3) is 0 Å². The highest BCUT2D eigenvalue weighted by atomic mass is 16.4. The molecule has 0 bridgehead atoms. The highest BCUT2D eigenvalue weighted by molar-refractivity contribution is 5.88. The molecule has 0 aromatic heterocycles. The van der Waals surface area contributed by atoms with Crippen molar-refractivity contribution in [1.82, 2.24) is 5.32 Å². The van der Waals surface area contributed by atoms with Crippen LogP contribution in [0.2, 0.25) is 0 Å². The second-order valence-electron chi connectivity index (χ2n) is 3.84. The van der Waals surface area contributed by atoms with Gasteiger partial charge in [-0.3, -0.25) is 9.59 Å². The van der Waals surface area contributed by atoms with Gasteiger partial charge in [0.2, 0.25) is 5.91 Å². The SMILES string of the molecule is CCC(CNC(=O)C=C(C)C)CC(=O)O. The number of rotatable bonds is 6. The minimum absolute atomic E-state index is 0.0111. The first-order valence-corrected chi connectivity index (χ1v) is 5.10. The Balaban J connectivity index is 3.95. The number of carbonyl (C=O) groups is 2. The minimum atomic E-state index is -0.821. The smallest absolute Gasteiger partial charge is 0.303 e. The van der Waals surface area contributed by atoms with Crippen molar-refractivity contribution in [3.63, 3.8) is 0 Å². The predicted molar refractivity (Wildman–Crippen MR) is 58.5 cm³/mol. The fourth-order valence-corrected chi connectivity index (χ4v) is 1.17. The number of allylic oxidation sites excluding steroid dienone is 1. The van der Waals surface area contributed by atoms with Crippen molar-refractivity contribution >= 4 is 11.9 Å². The maximum absolute atomic E-state index is 11.2. The van der Waals surface area contributed by atoms with Gasteiger partial charge in [0.05, 0.1) is 0 Å². The Hall–Kier alpha value is -1.32. The lowest BCUT2D eigenvalue weighted by molar-refractivity contribution is -0.138. The maximum atomic E-state index is 11.2. The molecule has 0 aromatic rings. The number of hydrogen-bond donors (Lipinski definition) is 2. The number of carboxylic acid groups (broad SMARTS) is 1. The molecule has 0 saturated carbocycles. The van der Waals surface area contributed by atoms with Gasteiger partial charge in [-0.25, -0.2) is 0 Å². The summed E-state index contributed by atoms with van der Waals surface area (Å²) in [5, 5.41) is 11.3. The lowest BCUT2D eigenvalue weighted by atomic mass is 10.0. The molecular weight excluding hydrogens is 194 g/mol. The summed E-state index contributed by atoms with van der Waals surface area (Å²) in [5.41, 5.74) is 0.929. The van der Waals surface area contributed by atoms with E-state index in [1.165, 1.54) is 6.08 Å². The predicted octanol–water partition coefficient (Wildman–Crippen LogP) is 1.57. The van der Waals surface area contributed by atoms with E-state index in [0.29, 0.717) is 6.54 Å². The molecule has 0 aliphatic rings. The number of hydrogen-bond acceptors (Lipinski definition) is 2. The summed E-state index contributed by atoms with van der Waals surface area (Å²) in [5.74, 6) is -0.964. The fraction of sp³-hybridized carbons (Fsp3) is 0.636. The van der Waals surface area contributed by atoms with Crippen molar-refractivity contribution in [2.24, 2.45) is 5.92 Å².